The largest absolute Gasteiger partial charge is 0.347 e. The highest BCUT2D eigenvalue weighted by molar-refractivity contribution is 6.31. The Balaban J connectivity index is 1.74. The molecule has 1 aromatic rings. The fourth-order valence-electron chi connectivity index (χ4n) is 3.62. The normalized spacial score (nSPS) is 24.1. The highest BCUT2D eigenvalue weighted by Gasteiger charge is 2.41. The number of hydrogen-bond donors (Lipinski definition) is 0. The molecule has 0 saturated carbocycles. The van der Waals surface area contributed by atoms with Crippen LogP contribution in [0.1, 0.15) is 18.4 Å². The zero-order valence-electron chi connectivity index (χ0n) is 14.2. The van der Waals surface area contributed by atoms with Gasteiger partial charge in [-0.1, -0.05) is 29.8 Å². The predicted octanol–water partition coefficient (Wildman–Crippen LogP) is 1.85. The van der Waals surface area contributed by atoms with E-state index in [2.05, 4.69) is 4.90 Å². The van der Waals surface area contributed by atoms with Crippen LogP contribution >= 0.6 is 11.6 Å². The SMILES string of the molecule is CN(C)C(=O)CN1C(=O)[C@@H]2CC[C@H]1CN(Cc1ccccc1Cl)C2. The molecule has 0 radical (unpaired) electrons. The number of amides is 2. The number of carbonyl (C=O) groups excluding carboxylic acids is 2. The first kappa shape index (κ1) is 17.2. The first-order chi connectivity index (χ1) is 11.5. The monoisotopic (exact) mass is 349 g/mol. The fourth-order valence-corrected chi connectivity index (χ4v) is 3.82. The van der Waals surface area contributed by atoms with Gasteiger partial charge in [0.15, 0.2) is 0 Å². The molecule has 3 saturated heterocycles. The zero-order valence-corrected chi connectivity index (χ0v) is 15.0. The van der Waals surface area contributed by atoms with E-state index >= 15 is 0 Å². The average molecular weight is 350 g/mol. The summed E-state index contributed by atoms with van der Waals surface area (Å²) in [6.07, 6.45) is 1.88. The number of hydrogen-bond acceptors (Lipinski definition) is 3. The molecule has 0 aromatic heterocycles. The molecule has 3 heterocycles. The Hall–Kier alpha value is -1.59. The lowest BCUT2D eigenvalue weighted by Crippen LogP contribution is -2.51. The van der Waals surface area contributed by atoms with E-state index in [1.54, 1.807) is 23.9 Å². The van der Waals surface area contributed by atoms with E-state index in [1.165, 1.54) is 0 Å². The molecule has 2 amide bonds. The van der Waals surface area contributed by atoms with Crippen molar-refractivity contribution >= 4 is 23.4 Å². The number of piperidine rings is 1. The smallest absolute Gasteiger partial charge is 0.241 e. The lowest BCUT2D eigenvalue weighted by molar-refractivity contribution is -0.145. The molecular weight excluding hydrogens is 326 g/mol. The maximum Gasteiger partial charge on any atom is 0.241 e. The van der Waals surface area contributed by atoms with Crippen LogP contribution in [0.25, 0.3) is 0 Å². The lowest BCUT2D eigenvalue weighted by atomic mass is 9.94. The topological polar surface area (TPSA) is 43.9 Å². The summed E-state index contributed by atoms with van der Waals surface area (Å²) < 4.78 is 0. The van der Waals surface area contributed by atoms with E-state index in [4.69, 9.17) is 11.6 Å². The number of nitrogens with zero attached hydrogens (tertiary/aromatic N) is 3. The molecule has 3 aliphatic heterocycles. The minimum atomic E-state index is -0.0199. The number of rotatable bonds is 4. The molecule has 4 rings (SSSR count). The molecule has 5 nitrogen and oxygen atoms in total. The van der Waals surface area contributed by atoms with E-state index in [-0.39, 0.29) is 30.3 Å². The van der Waals surface area contributed by atoms with Gasteiger partial charge in [-0.25, -0.2) is 0 Å². The quantitative estimate of drug-likeness (QED) is 0.833. The van der Waals surface area contributed by atoms with Gasteiger partial charge in [0.1, 0.15) is 6.54 Å². The third-order valence-corrected chi connectivity index (χ3v) is 5.39. The summed E-state index contributed by atoms with van der Waals surface area (Å²) in [6.45, 7) is 2.48. The average Bonchev–Trinajstić information content (AvgIpc) is 2.81. The third kappa shape index (κ3) is 3.57. The highest BCUT2D eigenvalue weighted by atomic mass is 35.5. The zero-order chi connectivity index (χ0) is 17.3. The number of halogens is 1. The van der Waals surface area contributed by atoms with Crippen LogP contribution in [0.5, 0.6) is 0 Å². The molecule has 0 unspecified atom stereocenters. The van der Waals surface area contributed by atoms with E-state index in [0.29, 0.717) is 0 Å². The second-order valence-corrected chi connectivity index (χ2v) is 7.38. The van der Waals surface area contributed by atoms with Crippen molar-refractivity contribution in [2.75, 3.05) is 33.7 Å². The number of fused-ring (bicyclic) bond motifs is 4. The van der Waals surface area contributed by atoms with Crippen LogP contribution in [-0.4, -0.2) is 66.3 Å². The van der Waals surface area contributed by atoms with Crippen LogP contribution in [0.2, 0.25) is 5.02 Å². The molecule has 3 aliphatic rings. The molecular formula is C18H24ClN3O2. The van der Waals surface area contributed by atoms with Gasteiger partial charge >= 0.3 is 0 Å². The first-order valence-corrected chi connectivity index (χ1v) is 8.80. The van der Waals surface area contributed by atoms with Crippen LogP contribution in [-0.2, 0) is 16.1 Å². The molecule has 1 aromatic carbocycles. The molecule has 130 valence electrons. The van der Waals surface area contributed by atoms with Crippen molar-refractivity contribution < 1.29 is 9.59 Å². The van der Waals surface area contributed by atoms with Crippen molar-refractivity contribution in [1.82, 2.24) is 14.7 Å². The summed E-state index contributed by atoms with van der Waals surface area (Å²) in [4.78, 5) is 30.4. The van der Waals surface area contributed by atoms with Crippen molar-refractivity contribution in [2.24, 2.45) is 5.92 Å². The van der Waals surface area contributed by atoms with Gasteiger partial charge in [-0.3, -0.25) is 14.5 Å². The Morgan fingerprint density at radius 2 is 2.00 bits per heavy atom. The lowest BCUT2D eigenvalue weighted by Gasteiger charge is -2.36. The molecule has 0 N–H and O–H groups in total. The van der Waals surface area contributed by atoms with Crippen LogP contribution in [0.3, 0.4) is 0 Å². The van der Waals surface area contributed by atoms with Gasteiger partial charge in [0, 0.05) is 44.8 Å². The van der Waals surface area contributed by atoms with Crippen molar-refractivity contribution in [1.29, 1.82) is 0 Å². The maximum absolute atomic E-state index is 12.7. The molecule has 6 heteroatoms. The summed E-state index contributed by atoms with van der Waals surface area (Å²) in [6, 6.07) is 7.96. The summed E-state index contributed by atoms with van der Waals surface area (Å²) in [5, 5.41) is 0.764. The Bertz CT molecular complexity index is 634. The van der Waals surface area contributed by atoms with Gasteiger partial charge in [0.2, 0.25) is 11.8 Å². The third-order valence-electron chi connectivity index (χ3n) is 5.03. The van der Waals surface area contributed by atoms with Crippen LogP contribution < -0.4 is 0 Å². The summed E-state index contributed by atoms with van der Waals surface area (Å²) in [5.74, 6) is 0.0952. The van der Waals surface area contributed by atoms with Gasteiger partial charge in [-0.2, -0.15) is 0 Å². The molecule has 2 bridgehead atoms. The molecule has 2 atom stereocenters. The Morgan fingerprint density at radius 1 is 1.25 bits per heavy atom. The molecule has 0 aliphatic carbocycles. The summed E-state index contributed by atoms with van der Waals surface area (Å²) >= 11 is 6.28. The van der Waals surface area contributed by atoms with Crippen molar-refractivity contribution in [3.63, 3.8) is 0 Å². The fraction of sp³-hybridized carbons (Fsp3) is 0.556. The van der Waals surface area contributed by atoms with Crippen LogP contribution in [0, 0.1) is 5.92 Å². The van der Waals surface area contributed by atoms with Gasteiger partial charge in [-0.05, 0) is 24.5 Å². The van der Waals surface area contributed by atoms with Gasteiger partial charge < -0.3 is 9.80 Å². The Kier molecular flexibility index (Phi) is 5.11. The van der Waals surface area contributed by atoms with E-state index < -0.39 is 0 Å². The van der Waals surface area contributed by atoms with E-state index in [9.17, 15) is 9.59 Å². The predicted molar refractivity (Wildman–Crippen MR) is 93.6 cm³/mol. The summed E-state index contributed by atoms with van der Waals surface area (Å²) in [5.41, 5.74) is 1.09. The highest BCUT2D eigenvalue weighted by Crippen LogP contribution is 2.30. The van der Waals surface area contributed by atoms with Gasteiger partial charge in [-0.15, -0.1) is 0 Å². The van der Waals surface area contributed by atoms with E-state index in [1.807, 2.05) is 24.3 Å². The number of benzene rings is 1. The minimum Gasteiger partial charge on any atom is -0.347 e. The summed E-state index contributed by atoms with van der Waals surface area (Å²) in [7, 11) is 3.46. The van der Waals surface area contributed by atoms with Crippen molar-refractivity contribution in [2.45, 2.75) is 25.4 Å². The second-order valence-electron chi connectivity index (χ2n) is 6.97. The standard InChI is InChI=1S/C18H24ClN3O2/c1-20(2)17(23)12-22-15-8-7-14(18(22)24)10-21(11-15)9-13-5-3-4-6-16(13)19/h3-6,14-15H,7-12H2,1-2H3/t14-,15+/m1/s1. The van der Waals surface area contributed by atoms with Crippen molar-refractivity contribution in [3.05, 3.63) is 34.9 Å². The van der Waals surface area contributed by atoms with Crippen LogP contribution in [0.15, 0.2) is 24.3 Å². The minimum absolute atomic E-state index is 0.0128. The molecule has 3 fully saturated rings. The van der Waals surface area contributed by atoms with E-state index in [0.717, 1.165) is 43.1 Å². The Labute approximate surface area is 148 Å². The van der Waals surface area contributed by atoms with Gasteiger partial charge in [0.05, 0.1) is 5.92 Å². The molecule has 24 heavy (non-hydrogen) atoms. The van der Waals surface area contributed by atoms with Crippen molar-refractivity contribution in [3.8, 4) is 0 Å². The Morgan fingerprint density at radius 3 is 2.71 bits per heavy atom. The number of likely N-dealkylation sites (N-methyl/N-ethyl adjacent to an activating group) is 1. The van der Waals surface area contributed by atoms with Gasteiger partial charge in [0.25, 0.3) is 0 Å². The number of carbonyl (C=O) groups is 2. The van der Waals surface area contributed by atoms with Crippen LogP contribution in [0.4, 0.5) is 0 Å². The molecule has 0 spiro atoms. The first-order valence-electron chi connectivity index (χ1n) is 8.42. The maximum atomic E-state index is 12.7. The second kappa shape index (κ2) is 7.11.